The molecule has 2 atom stereocenters. The Morgan fingerprint density at radius 2 is 1.89 bits per heavy atom. The number of halogens is 2. The molecule has 2 unspecified atom stereocenters. The van der Waals surface area contributed by atoms with E-state index in [1.807, 2.05) is 12.1 Å². The SMILES string of the molecule is CC(=O)C(=O)OC1CC(c2cc(Cl)cc(Cl)c2)CN1. The number of rotatable bonds is 3. The number of hydrogen-bond acceptors (Lipinski definition) is 4. The van der Waals surface area contributed by atoms with E-state index >= 15 is 0 Å². The topological polar surface area (TPSA) is 55.4 Å². The first-order valence-electron chi connectivity index (χ1n) is 5.86. The fourth-order valence-electron chi connectivity index (χ4n) is 2.07. The summed E-state index contributed by atoms with van der Waals surface area (Å²) in [6.07, 6.45) is 0.148. The summed E-state index contributed by atoms with van der Waals surface area (Å²) >= 11 is 11.9. The molecular formula is C13H13Cl2NO3. The summed E-state index contributed by atoms with van der Waals surface area (Å²) in [5, 5.41) is 4.20. The molecule has 2 rings (SSSR count). The maximum Gasteiger partial charge on any atom is 0.375 e. The number of esters is 1. The van der Waals surface area contributed by atoms with Crippen molar-refractivity contribution in [2.75, 3.05) is 6.54 Å². The molecule has 102 valence electrons. The van der Waals surface area contributed by atoms with Gasteiger partial charge < -0.3 is 4.74 Å². The summed E-state index contributed by atoms with van der Waals surface area (Å²) in [6, 6.07) is 5.35. The zero-order chi connectivity index (χ0) is 14.0. The molecule has 1 saturated heterocycles. The molecule has 0 radical (unpaired) electrons. The van der Waals surface area contributed by atoms with Gasteiger partial charge in [-0.3, -0.25) is 10.1 Å². The zero-order valence-corrected chi connectivity index (χ0v) is 11.8. The highest BCUT2D eigenvalue weighted by atomic mass is 35.5. The van der Waals surface area contributed by atoms with Gasteiger partial charge in [0, 0.05) is 35.9 Å². The summed E-state index contributed by atoms with van der Waals surface area (Å²) in [5.41, 5.74) is 0.992. The Morgan fingerprint density at radius 3 is 2.47 bits per heavy atom. The van der Waals surface area contributed by atoms with Crippen molar-refractivity contribution in [2.45, 2.75) is 25.5 Å². The molecule has 6 heteroatoms. The van der Waals surface area contributed by atoms with Crippen molar-refractivity contribution in [1.82, 2.24) is 5.32 Å². The molecule has 0 bridgehead atoms. The van der Waals surface area contributed by atoms with Crippen LogP contribution < -0.4 is 5.32 Å². The second-order valence-electron chi connectivity index (χ2n) is 4.49. The molecule has 0 saturated carbocycles. The van der Waals surface area contributed by atoms with Crippen molar-refractivity contribution in [3.8, 4) is 0 Å². The lowest BCUT2D eigenvalue weighted by Gasteiger charge is -2.12. The molecule has 1 heterocycles. The minimum absolute atomic E-state index is 0.154. The molecule has 4 nitrogen and oxygen atoms in total. The number of ether oxygens (including phenoxy) is 1. The average molecular weight is 302 g/mol. The van der Waals surface area contributed by atoms with Crippen LogP contribution in [0.1, 0.15) is 24.8 Å². The van der Waals surface area contributed by atoms with Gasteiger partial charge in [-0.15, -0.1) is 0 Å². The molecule has 19 heavy (non-hydrogen) atoms. The Kier molecular flexibility index (Phi) is 4.45. The number of carbonyl (C=O) groups excluding carboxylic acids is 2. The van der Waals surface area contributed by atoms with Crippen LogP contribution in [0.2, 0.25) is 10.0 Å². The summed E-state index contributed by atoms with van der Waals surface area (Å²) in [4.78, 5) is 22.0. The maximum absolute atomic E-state index is 11.2. The van der Waals surface area contributed by atoms with Crippen molar-refractivity contribution in [3.05, 3.63) is 33.8 Å². The fraction of sp³-hybridized carbons (Fsp3) is 0.385. The number of ketones is 1. The molecule has 1 fully saturated rings. The van der Waals surface area contributed by atoms with Crippen LogP contribution in [0, 0.1) is 0 Å². The van der Waals surface area contributed by atoms with Crippen molar-refractivity contribution in [2.24, 2.45) is 0 Å². The Hall–Kier alpha value is -1.10. The largest absolute Gasteiger partial charge is 0.441 e. The van der Waals surface area contributed by atoms with Gasteiger partial charge in [0.2, 0.25) is 5.78 Å². The maximum atomic E-state index is 11.2. The van der Waals surface area contributed by atoms with Crippen LogP contribution in [0.15, 0.2) is 18.2 Å². The van der Waals surface area contributed by atoms with E-state index in [0.717, 1.165) is 5.56 Å². The number of hydrogen-bond donors (Lipinski definition) is 1. The van der Waals surface area contributed by atoms with Crippen molar-refractivity contribution < 1.29 is 14.3 Å². The van der Waals surface area contributed by atoms with E-state index < -0.39 is 18.0 Å². The normalized spacial score (nSPS) is 22.3. The molecule has 1 aliphatic rings. The lowest BCUT2D eigenvalue weighted by molar-refractivity contribution is -0.157. The predicted molar refractivity (Wildman–Crippen MR) is 72.4 cm³/mol. The summed E-state index contributed by atoms with van der Waals surface area (Å²) in [5.74, 6) is -1.26. The van der Waals surface area contributed by atoms with Crippen molar-refractivity contribution >= 4 is 35.0 Å². The van der Waals surface area contributed by atoms with Gasteiger partial charge >= 0.3 is 5.97 Å². The van der Waals surface area contributed by atoms with E-state index in [9.17, 15) is 9.59 Å². The second-order valence-corrected chi connectivity index (χ2v) is 5.37. The van der Waals surface area contributed by atoms with Gasteiger partial charge in [0.25, 0.3) is 0 Å². The van der Waals surface area contributed by atoms with Crippen LogP contribution in [0.5, 0.6) is 0 Å². The average Bonchev–Trinajstić information content (AvgIpc) is 2.76. The molecule has 0 amide bonds. The van der Waals surface area contributed by atoms with Gasteiger partial charge in [-0.05, 0) is 23.8 Å². The lowest BCUT2D eigenvalue weighted by Crippen LogP contribution is -2.30. The van der Waals surface area contributed by atoms with Crippen molar-refractivity contribution in [3.63, 3.8) is 0 Å². The fourth-order valence-corrected chi connectivity index (χ4v) is 2.61. The first-order valence-corrected chi connectivity index (χ1v) is 6.62. The Morgan fingerprint density at radius 1 is 1.26 bits per heavy atom. The van der Waals surface area contributed by atoms with Crippen LogP contribution >= 0.6 is 23.2 Å². The van der Waals surface area contributed by atoms with E-state index in [2.05, 4.69) is 5.32 Å². The molecule has 1 N–H and O–H groups in total. The number of Topliss-reactive ketones (excluding diaryl/α,β-unsaturated/α-hetero) is 1. The molecule has 0 spiro atoms. The monoisotopic (exact) mass is 301 g/mol. The third-order valence-electron chi connectivity index (χ3n) is 2.98. The summed E-state index contributed by atoms with van der Waals surface area (Å²) < 4.78 is 5.02. The molecular weight excluding hydrogens is 289 g/mol. The third kappa shape index (κ3) is 3.69. The van der Waals surface area contributed by atoms with E-state index in [0.29, 0.717) is 23.0 Å². The Balaban J connectivity index is 2.01. The highest BCUT2D eigenvalue weighted by molar-refractivity contribution is 6.34. The third-order valence-corrected chi connectivity index (χ3v) is 3.42. The molecule has 1 aromatic rings. The quantitative estimate of drug-likeness (QED) is 0.688. The van der Waals surface area contributed by atoms with E-state index in [1.54, 1.807) is 6.07 Å². The predicted octanol–water partition coefficient (Wildman–Crippen LogP) is 2.53. The van der Waals surface area contributed by atoms with E-state index in [-0.39, 0.29) is 5.92 Å². The van der Waals surface area contributed by atoms with Gasteiger partial charge in [-0.2, -0.15) is 0 Å². The summed E-state index contributed by atoms with van der Waals surface area (Å²) in [6.45, 7) is 1.83. The molecule has 1 aliphatic heterocycles. The van der Waals surface area contributed by atoms with Crippen LogP contribution in [0.25, 0.3) is 0 Å². The van der Waals surface area contributed by atoms with Gasteiger partial charge in [0.1, 0.15) is 0 Å². The van der Waals surface area contributed by atoms with Crippen LogP contribution in [-0.2, 0) is 14.3 Å². The highest BCUT2D eigenvalue weighted by Crippen LogP contribution is 2.30. The Labute approximate surface area is 121 Å². The molecule has 0 aromatic heterocycles. The number of carbonyl (C=O) groups is 2. The minimum atomic E-state index is -0.817. The molecule has 0 aliphatic carbocycles. The lowest BCUT2D eigenvalue weighted by atomic mass is 9.98. The molecule has 1 aromatic carbocycles. The Bertz CT molecular complexity index is 498. The van der Waals surface area contributed by atoms with Crippen LogP contribution in [-0.4, -0.2) is 24.5 Å². The second kappa shape index (κ2) is 5.90. The van der Waals surface area contributed by atoms with Crippen LogP contribution in [0.3, 0.4) is 0 Å². The van der Waals surface area contributed by atoms with Gasteiger partial charge in [0.15, 0.2) is 6.23 Å². The summed E-state index contributed by atoms with van der Waals surface area (Å²) in [7, 11) is 0. The van der Waals surface area contributed by atoms with Gasteiger partial charge in [-0.1, -0.05) is 23.2 Å². The van der Waals surface area contributed by atoms with E-state index in [4.69, 9.17) is 27.9 Å². The minimum Gasteiger partial charge on any atom is -0.441 e. The first kappa shape index (κ1) is 14.3. The number of benzene rings is 1. The number of nitrogens with one attached hydrogen (secondary N) is 1. The van der Waals surface area contributed by atoms with Gasteiger partial charge in [0.05, 0.1) is 0 Å². The zero-order valence-electron chi connectivity index (χ0n) is 10.3. The van der Waals surface area contributed by atoms with Crippen molar-refractivity contribution in [1.29, 1.82) is 0 Å². The van der Waals surface area contributed by atoms with Crippen LogP contribution in [0.4, 0.5) is 0 Å². The highest BCUT2D eigenvalue weighted by Gasteiger charge is 2.29. The smallest absolute Gasteiger partial charge is 0.375 e. The standard InChI is InChI=1S/C13H13Cl2NO3/c1-7(17)13(18)19-12-4-9(6-16-12)8-2-10(14)5-11(15)3-8/h2-3,5,9,12,16H,4,6H2,1H3. The van der Waals surface area contributed by atoms with E-state index in [1.165, 1.54) is 6.92 Å². The van der Waals surface area contributed by atoms with Gasteiger partial charge in [-0.25, -0.2) is 4.79 Å². The first-order chi connectivity index (χ1) is 8.95.